The van der Waals surface area contributed by atoms with Crippen molar-refractivity contribution in [3.05, 3.63) is 36.2 Å². The van der Waals surface area contributed by atoms with Crippen LogP contribution < -0.4 is 5.32 Å². The molecule has 2 unspecified atom stereocenters. The molecule has 2 aromatic heterocycles. The van der Waals surface area contributed by atoms with E-state index >= 15 is 0 Å². The minimum absolute atomic E-state index is 0.407. The second-order valence-corrected chi connectivity index (χ2v) is 4.99. The molecule has 2 aromatic rings. The minimum atomic E-state index is 0.407. The van der Waals surface area contributed by atoms with Gasteiger partial charge in [0.05, 0.1) is 11.7 Å². The van der Waals surface area contributed by atoms with Gasteiger partial charge in [-0.1, -0.05) is 33.3 Å². The van der Waals surface area contributed by atoms with Crippen LogP contribution in [0.2, 0.25) is 0 Å². The summed E-state index contributed by atoms with van der Waals surface area (Å²) >= 11 is 0. The highest BCUT2D eigenvalue weighted by atomic mass is 15.2. The minimum Gasteiger partial charge on any atom is -0.310 e. The van der Waals surface area contributed by atoms with Crippen molar-refractivity contribution in [2.75, 3.05) is 6.54 Å². The first kappa shape index (κ1) is 13.1. The maximum absolute atomic E-state index is 4.43. The molecule has 0 aliphatic heterocycles. The van der Waals surface area contributed by atoms with Gasteiger partial charge in [-0.2, -0.15) is 5.10 Å². The highest BCUT2D eigenvalue weighted by molar-refractivity contribution is 5.54. The third kappa shape index (κ3) is 2.72. The maximum Gasteiger partial charge on any atom is 0.0709 e. The predicted molar refractivity (Wildman–Crippen MR) is 75.7 cm³/mol. The molecule has 2 heterocycles. The maximum atomic E-state index is 4.43. The van der Waals surface area contributed by atoms with Crippen molar-refractivity contribution in [1.82, 2.24) is 14.9 Å². The molecule has 18 heavy (non-hydrogen) atoms. The first-order chi connectivity index (χ1) is 8.76. The van der Waals surface area contributed by atoms with Crippen LogP contribution in [0.15, 0.2) is 30.6 Å². The number of nitrogens with one attached hydrogen (secondary N) is 1. The van der Waals surface area contributed by atoms with Crippen LogP contribution in [0.3, 0.4) is 0 Å². The molecule has 0 bridgehead atoms. The smallest absolute Gasteiger partial charge is 0.0709 e. The molecular weight excluding hydrogens is 222 g/mol. The Hall–Kier alpha value is -1.35. The number of aromatic nitrogens is 2. The van der Waals surface area contributed by atoms with Crippen LogP contribution in [0.25, 0.3) is 5.52 Å². The molecule has 2 rings (SSSR count). The predicted octanol–water partition coefficient (Wildman–Crippen LogP) is 3.42. The van der Waals surface area contributed by atoms with E-state index in [1.54, 1.807) is 0 Å². The highest BCUT2D eigenvalue weighted by Crippen LogP contribution is 2.26. The lowest BCUT2D eigenvalue weighted by Gasteiger charge is -2.20. The van der Waals surface area contributed by atoms with Crippen molar-refractivity contribution < 1.29 is 0 Å². The van der Waals surface area contributed by atoms with Crippen molar-refractivity contribution in [2.24, 2.45) is 5.92 Å². The highest BCUT2D eigenvalue weighted by Gasteiger charge is 2.17. The van der Waals surface area contributed by atoms with E-state index in [1.807, 2.05) is 23.0 Å². The summed E-state index contributed by atoms with van der Waals surface area (Å²) in [5.74, 6) is 0.729. The molecule has 0 radical (unpaired) electrons. The fourth-order valence-corrected chi connectivity index (χ4v) is 2.36. The van der Waals surface area contributed by atoms with Crippen molar-refractivity contribution in [1.29, 1.82) is 0 Å². The molecule has 0 fully saturated rings. The normalized spacial score (nSPS) is 14.8. The van der Waals surface area contributed by atoms with Gasteiger partial charge in [0.2, 0.25) is 0 Å². The third-order valence-electron chi connectivity index (χ3n) is 3.62. The quantitative estimate of drug-likeness (QED) is 0.845. The van der Waals surface area contributed by atoms with Crippen molar-refractivity contribution in [3.8, 4) is 0 Å². The number of rotatable bonds is 6. The monoisotopic (exact) mass is 245 g/mol. The van der Waals surface area contributed by atoms with Gasteiger partial charge < -0.3 is 5.32 Å². The zero-order chi connectivity index (χ0) is 13.0. The first-order valence-corrected chi connectivity index (χ1v) is 6.91. The van der Waals surface area contributed by atoms with Crippen LogP contribution >= 0.6 is 0 Å². The number of fused-ring (bicyclic) bond motifs is 1. The molecule has 0 saturated carbocycles. The van der Waals surface area contributed by atoms with Gasteiger partial charge in [-0.05, 0) is 31.0 Å². The summed E-state index contributed by atoms with van der Waals surface area (Å²) in [6.45, 7) is 7.72. The van der Waals surface area contributed by atoms with Crippen LogP contribution in [0, 0.1) is 5.92 Å². The Morgan fingerprint density at radius 1 is 1.33 bits per heavy atom. The Labute approximate surface area is 109 Å². The van der Waals surface area contributed by atoms with E-state index in [0.717, 1.165) is 12.5 Å². The van der Waals surface area contributed by atoms with Gasteiger partial charge in [-0.15, -0.1) is 0 Å². The van der Waals surface area contributed by atoms with Crippen LogP contribution in [0.5, 0.6) is 0 Å². The zero-order valence-corrected chi connectivity index (χ0v) is 11.6. The Bertz CT molecular complexity index is 489. The van der Waals surface area contributed by atoms with Gasteiger partial charge >= 0.3 is 0 Å². The molecule has 3 heteroatoms. The van der Waals surface area contributed by atoms with E-state index in [-0.39, 0.29) is 0 Å². The van der Waals surface area contributed by atoms with Crippen LogP contribution in [-0.4, -0.2) is 16.2 Å². The summed E-state index contributed by atoms with van der Waals surface area (Å²) in [5.41, 5.74) is 2.53. The SMILES string of the molecule is CCNC(CC(C)CC)c1cnn2ccccc12. The summed E-state index contributed by atoms with van der Waals surface area (Å²) in [6, 6.07) is 6.64. The number of nitrogens with zero attached hydrogens (tertiary/aromatic N) is 2. The van der Waals surface area contributed by atoms with Crippen molar-refractivity contribution in [2.45, 2.75) is 39.7 Å². The third-order valence-corrected chi connectivity index (χ3v) is 3.62. The zero-order valence-electron chi connectivity index (χ0n) is 11.6. The standard InChI is InChI=1S/C15H23N3/c1-4-12(3)10-14(16-5-2)13-11-17-18-9-7-6-8-15(13)18/h6-9,11-12,14,16H,4-5,10H2,1-3H3. The van der Waals surface area contributed by atoms with Crippen molar-refractivity contribution >= 4 is 5.52 Å². The molecule has 0 saturated heterocycles. The summed E-state index contributed by atoms with van der Waals surface area (Å²) < 4.78 is 1.95. The van der Waals surface area contributed by atoms with Gasteiger partial charge in [0, 0.05) is 17.8 Å². The lowest BCUT2D eigenvalue weighted by molar-refractivity contribution is 0.410. The van der Waals surface area contributed by atoms with Gasteiger partial charge in [-0.3, -0.25) is 0 Å². The molecule has 3 nitrogen and oxygen atoms in total. The largest absolute Gasteiger partial charge is 0.310 e. The summed E-state index contributed by atoms with van der Waals surface area (Å²) in [6.07, 6.45) is 6.40. The van der Waals surface area contributed by atoms with Crippen molar-refractivity contribution in [3.63, 3.8) is 0 Å². The fourth-order valence-electron chi connectivity index (χ4n) is 2.36. The molecule has 0 amide bonds. The molecule has 2 atom stereocenters. The van der Waals surface area contributed by atoms with Gasteiger partial charge in [-0.25, -0.2) is 4.52 Å². The van der Waals surface area contributed by atoms with E-state index in [9.17, 15) is 0 Å². The second-order valence-electron chi connectivity index (χ2n) is 4.99. The van der Waals surface area contributed by atoms with E-state index in [1.165, 1.54) is 23.9 Å². The molecule has 0 aliphatic rings. The number of pyridine rings is 1. The van der Waals surface area contributed by atoms with Gasteiger partial charge in [0.1, 0.15) is 0 Å². The van der Waals surface area contributed by atoms with Crippen LogP contribution in [-0.2, 0) is 0 Å². The summed E-state index contributed by atoms with van der Waals surface area (Å²) in [4.78, 5) is 0. The lowest BCUT2D eigenvalue weighted by atomic mass is 9.95. The Morgan fingerprint density at radius 2 is 2.17 bits per heavy atom. The van der Waals surface area contributed by atoms with E-state index in [4.69, 9.17) is 0 Å². The fraction of sp³-hybridized carbons (Fsp3) is 0.533. The van der Waals surface area contributed by atoms with E-state index in [0.29, 0.717) is 6.04 Å². The molecule has 0 aromatic carbocycles. The Morgan fingerprint density at radius 3 is 2.89 bits per heavy atom. The van der Waals surface area contributed by atoms with Crippen LogP contribution in [0.4, 0.5) is 0 Å². The summed E-state index contributed by atoms with van der Waals surface area (Å²) in [7, 11) is 0. The molecule has 0 spiro atoms. The molecular formula is C15H23N3. The first-order valence-electron chi connectivity index (χ1n) is 6.91. The average Bonchev–Trinajstić information content (AvgIpc) is 2.82. The summed E-state index contributed by atoms with van der Waals surface area (Å²) in [5, 5.41) is 8.02. The van der Waals surface area contributed by atoms with Gasteiger partial charge in [0.15, 0.2) is 0 Å². The van der Waals surface area contributed by atoms with E-state index in [2.05, 4.69) is 43.3 Å². The average molecular weight is 245 g/mol. The molecule has 1 N–H and O–H groups in total. The molecule has 98 valence electrons. The van der Waals surface area contributed by atoms with Gasteiger partial charge in [0.25, 0.3) is 0 Å². The Kier molecular flexibility index (Phi) is 4.37. The number of hydrogen-bond acceptors (Lipinski definition) is 2. The number of hydrogen-bond donors (Lipinski definition) is 1. The molecule has 0 aliphatic carbocycles. The van der Waals surface area contributed by atoms with Crippen LogP contribution in [0.1, 0.15) is 45.2 Å². The Balaban J connectivity index is 2.29. The second kappa shape index (κ2) is 6.01. The lowest BCUT2D eigenvalue weighted by Crippen LogP contribution is -2.22. The van der Waals surface area contributed by atoms with E-state index < -0.39 is 0 Å². The topological polar surface area (TPSA) is 29.3 Å².